The lowest BCUT2D eigenvalue weighted by atomic mass is 10.0. The molecule has 20 N–H and O–H groups in total. The van der Waals surface area contributed by atoms with E-state index < -0.39 is 83.6 Å². The summed E-state index contributed by atoms with van der Waals surface area (Å²) in [5.74, 6) is -4.88. The number of nitrogens with one attached hydrogen (secondary N) is 5. The van der Waals surface area contributed by atoms with Gasteiger partial charge in [0.1, 0.15) is 42.0 Å². The first kappa shape index (κ1) is 53.9. The van der Waals surface area contributed by atoms with E-state index in [4.69, 9.17) is 40.1 Å². The number of primary amides is 1. The fourth-order valence-electron chi connectivity index (χ4n) is 6.94. The molecule has 64 heavy (non-hydrogen) atoms. The molecule has 0 bridgehead atoms. The van der Waals surface area contributed by atoms with Crippen molar-refractivity contribution in [2.75, 3.05) is 26.2 Å². The normalized spacial score (nSPS) is 16.2. The third kappa shape index (κ3) is 19.0. The average molecular weight is 902 g/mol. The van der Waals surface area contributed by atoms with Gasteiger partial charge in [-0.2, -0.15) is 0 Å². The highest BCUT2D eigenvalue weighted by atomic mass is 16.3. The molecule has 1 aliphatic heterocycles. The molecule has 0 aromatic heterocycles. The lowest BCUT2D eigenvalue weighted by Gasteiger charge is -2.29. The van der Waals surface area contributed by atoms with Gasteiger partial charge in [0.25, 0.3) is 0 Å². The van der Waals surface area contributed by atoms with Crippen molar-refractivity contribution in [3.63, 3.8) is 0 Å². The van der Waals surface area contributed by atoms with Gasteiger partial charge in [-0.15, -0.1) is 0 Å². The smallest absolute Gasteiger partial charge is 0.244 e. The summed E-state index contributed by atoms with van der Waals surface area (Å²) < 4.78 is 0. The Hall–Kier alpha value is -6.23. The zero-order valence-corrected chi connectivity index (χ0v) is 37.2. The summed E-state index contributed by atoms with van der Waals surface area (Å²) in [5.41, 5.74) is 39.9. The van der Waals surface area contributed by atoms with Gasteiger partial charge in [0.2, 0.25) is 41.4 Å². The number of phenolic OH excluding ortho intramolecular Hbond substituents is 1. The maximum absolute atomic E-state index is 14.1. The molecule has 1 aliphatic rings. The van der Waals surface area contributed by atoms with Crippen LogP contribution in [0, 0.1) is 5.92 Å². The number of nitrogens with two attached hydrogens (primary N) is 7. The van der Waals surface area contributed by atoms with Crippen LogP contribution in [0.4, 0.5) is 0 Å². The maximum Gasteiger partial charge on any atom is 0.244 e. The predicted octanol–water partition coefficient (Wildman–Crippen LogP) is -3.54. The minimum atomic E-state index is -1.33. The number of hydrogen-bond acceptors (Lipinski definition) is 12. The number of benzene rings is 1. The number of hydrogen-bond donors (Lipinski definition) is 13. The zero-order valence-electron chi connectivity index (χ0n) is 37.2. The van der Waals surface area contributed by atoms with E-state index in [2.05, 4.69) is 36.6 Å². The molecule has 7 atom stereocenters. The molecule has 1 saturated heterocycles. The fourth-order valence-corrected chi connectivity index (χ4v) is 6.94. The van der Waals surface area contributed by atoms with Crippen molar-refractivity contribution in [3.05, 3.63) is 29.8 Å². The Bertz CT molecular complexity index is 1770. The molecule has 1 fully saturated rings. The Morgan fingerprint density at radius 2 is 1.22 bits per heavy atom. The van der Waals surface area contributed by atoms with Gasteiger partial charge < -0.3 is 76.7 Å². The molecule has 0 radical (unpaired) electrons. The van der Waals surface area contributed by atoms with Crippen LogP contribution in [0.1, 0.15) is 90.5 Å². The molecule has 0 saturated carbocycles. The number of carbonyl (C=O) groups is 7. The number of rotatable bonds is 28. The number of nitrogens with zero attached hydrogens (tertiary/aromatic N) is 3. The third-order valence-electron chi connectivity index (χ3n) is 10.5. The lowest BCUT2D eigenvalue weighted by molar-refractivity contribution is -0.140. The number of likely N-dealkylation sites (tertiary alicyclic amines) is 1. The van der Waals surface area contributed by atoms with Crippen LogP contribution < -0.4 is 66.7 Å². The second-order valence-electron chi connectivity index (χ2n) is 16.3. The van der Waals surface area contributed by atoms with E-state index in [9.17, 15) is 38.7 Å². The zero-order chi connectivity index (χ0) is 47.9. The first-order valence-electron chi connectivity index (χ1n) is 21.7. The first-order valence-corrected chi connectivity index (χ1v) is 21.7. The highest BCUT2D eigenvalue weighted by Gasteiger charge is 2.38. The highest BCUT2D eigenvalue weighted by molar-refractivity contribution is 5.97. The Balaban J connectivity index is 2.32. The molecule has 0 spiro atoms. The van der Waals surface area contributed by atoms with Crippen LogP contribution in [0.25, 0.3) is 0 Å². The molecule has 358 valence electrons. The highest BCUT2D eigenvalue weighted by Crippen LogP contribution is 2.20. The molecule has 7 amide bonds. The minimum absolute atomic E-state index is 0.0346. The van der Waals surface area contributed by atoms with Crippen molar-refractivity contribution in [1.29, 1.82) is 0 Å². The Morgan fingerprint density at radius 1 is 0.703 bits per heavy atom. The molecular formula is C41H71N15O8. The van der Waals surface area contributed by atoms with Crippen LogP contribution >= 0.6 is 0 Å². The van der Waals surface area contributed by atoms with Gasteiger partial charge in [-0.1, -0.05) is 39.3 Å². The van der Waals surface area contributed by atoms with Gasteiger partial charge in [0.15, 0.2) is 11.9 Å². The number of amides is 7. The van der Waals surface area contributed by atoms with E-state index >= 15 is 0 Å². The second kappa shape index (κ2) is 27.7. The van der Waals surface area contributed by atoms with Crippen LogP contribution in [-0.4, -0.2) is 132 Å². The van der Waals surface area contributed by atoms with Gasteiger partial charge in [0, 0.05) is 32.6 Å². The van der Waals surface area contributed by atoms with Crippen molar-refractivity contribution in [2.45, 2.75) is 134 Å². The van der Waals surface area contributed by atoms with E-state index in [0.29, 0.717) is 37.7 Å². The van der Waals surface area contributed by atoms with E-state index in [1.807, 2.05) is 13.8 Å². The van der Waals surface area contributed by atoms with Crippen LogP contribution in [-0.2, 0) is 40.0 Å². The Labute approximate surface area is 374 Å². The maximum atomic E-state index is 14.1. The SMILES string of the molecule is CCC[C@H](NC(=O)[C@H](CCCN=C(N)N)NC(=O)[C@H]1CCCN1C(=O)[C@@H](N)CCCN=C(N)N)C(=O)N[C@@H](Cc1ccc(O)cc1)C(=O)N[C@@H](CN)C(=O)N[C@@H](CCC(C)C)C(N)=O. The van der Waals surface area contributed by atoms with Crippen LogP contribution in [0.5, 0.6) is 5.75 Å². The van der Waals surface area contributed by atoms with E-state index in [1.54, 1.807) is 19.1 Å². The molecule has 1 aromatic carbocycles. The quantitative estimate of drug-likeness (QED) is 0.0220. The molecule has 0 aliphatic carbocycles. The first-order chi connectivity index (χ1) is 30.3. The lowest BCUT2D eigenvalue weighted by Crippen LogP contribution is -2.61. The van der Waals surface area contributed by atoms with Gasteiger partial charge in [0.05, 0.1) is 6.04 Å². The molecular weight excluding hydrogens is 831 g/mol. The second-order valence-corrected chi connectivity index (χ2v) is 16.3. The minimum Gasteiger partial charge on any atom is -0.508 e. The van der Waals surface area contributed by atoms with Crippen molar-refractivity contribution in [2.24, 2.45) is 56.0 Å². The topological polar surface area (TPSA) is 410 Å². The van der Waals surface area contributed by atoms with Crippen molar-refractivity contribution in [3.8, 4) is 5.75 Å². The van der Waals surface area contributed by atoms with Crippen LogP contribution in [0.3, 0.4) is 0 Å². The Kier molecular flexibility index (Phi) is 23.4. The number of phenols is 1. The largest absolute Gasteiger partial charge is 0.508 e. The predicted molar refractivity (Wildman–Crippen MR) is 241 cm³/mol. The summed E-state index contributed by atoms with van der Waals surface area (Å²) in [6.45, 7) is 6.00. The monoisotopic (exact) mass is 902 g/mol. The molecule has 1 aromatic rings. The van der Waals surface area contributed by atoms with Gasteiger partial charge in [-0.05, 0) is 81.4 Å². The van der Waals surface area contributed by atoms with E-state index in [0.717, 1.165) is 0 Å². The Morgan fingerprint density at radius 3 is 1.77 bits per heavy atom. The molecule has 0 unspecified atom stereocenters. The van der Waals surface area contributed by atoms with Crippen molar-refractivity contribution < 1.29 is 38.7 Å². The van der Waals surface area contributed by atoms with Crippen molar-refractivity contribution >= 4 is 53.3 Å². The van der Waals surface area contributed by atoms with Gasteiger partial charge >= 0.3 is 0 Å². The molecule has 23 heteroatoms. The number of aromatic hydroxyl groups is 1. The molecule has 2 rings (SSSR count). The number of guanidine groups is 2. The van der Waals surface area contributed by atoms with Gasteiger partial charge in [-0.3, -0.25) is 43.5 Å². The van der Waals surface area contributed by atoms with Crippen LogP contribution in [0.2, 0.25) is 0 Å². The molecule has 23 nitrogen and oxygen atoms in total. The summed E-state index contributed by atoms with van der Waals surface area (Å²) in [5, 5.41) is 23.1. The summed E-state index contributed by atoms with van der Waals surface area (Å²) in [6.07, 6.45) is 3.12. The van der Waals surface area contributed by atoms with E-state index in [1.165, 1.54) is 17.0 Å². The summed E-state index contributed by atoms with van der Waals surface area (Å²) in [4.78, 5) is 104. The number of carbonyl (C=O) groups excluding carboxylic acids is 7. The summed E-state index contributed by atoms with van der Waals surface area (Å²) in [7, 11) is 0. The standard InChI is InChI=1S/C41H71N15O8/c1-4-8-28(34(59)54-30(21-24-13-15-25(57)16-14-24)36(61)55-31(22-42)37(62)51-27(33(44)58)17-12-23(2)3)52-35(60)29(10-6-19-50-41(47)48)53-38(63)32-11-7-20-56(32)39(64)26(43)9-5-18-49-40(45)46/h13-16,23,26-32,57H,4-12,17-22,42-43H2,1-3H3,(H2,44,58)(H,51,62)(H,52,60)(H,53,63)(H,54,59)(H,55,61)(H4,45,46,49)(H4,47,48,50)/t26-,27-,28-,29-,30-,31-,32+/m0/s1. The van der Waals surface area contributed by atoms with E-state index in [-0.39, 0.29) is 88.3 Å². The van der Waals surface area contributed by atoms with Gasteiger partial charge in [-0.25, -0.2) is 0 Å². The molecule has 1 heterocycles. The van der Waals surface area contributed by atoms with Crippen molar-refractivity contribution in [1.82, 2.24) is 31.5 Å². The summed E-state index contributed by atoms with van der Waals surface area (Å²) in [6, 6.07) is -2.02. The average Bonchev–Trinajstić information content (AvgIpc) is 3.73. The summed E-state index contributed by atoms with van der Waals surface area (Å²) >= 11 is 0. The fraction of sp³-hybridized carbons (Fsp3) is 0.634. The van der Waals surface area contributed by atoms with Crippen LogP contribution in [0.15, 0.2) is 34.3 Å². The third-order valence-corrected chi connectivity index (χ3v) is 10.5. The number of aliphatic imine (C=N–C) groups is 2.